The van der Waals surface area contributed by atoms with Crippen molar-refractivity contribution in [2.45, 2.75) is 78.6 Å². The third-order valence-electron chi connectivity index (χ3n) is 12.2. The maximum atomic E-state index is 7.00. The summed E-state index contributed by atoms with van der Waals surface area (Å²) in [6.07, 6.45) is 1.96. The summed E-state index contributed by atoms with van der Waals surface area (Å²) in [5.41, 5.74) is 10.7. The minimum atomic E-state index is -0.105. The molecule has 300 valence electrons. The lowest BCUT2D eigenvalue weighted by molar-refractivity contribution is 0.479. The van der Waals surface area contributed by atoms with E-state index in [0.717, 1.165) is 28.5 Å². The van der Waals surface area contributed by atoms with E-state index in [9.17, 15) is 0 Å². The number of para-hydroxylation sites is 2. The number of hydrogen-bond acceptors (Lipinski definition) is 5. The minimum absolute atomic E-state index is 0.0308. The number of aromatic nitrogens is 2. The summed E-state index contributed by atoms with van der Waals surface area (Å²) >= 11 is 1.86. The Labute approximate surface area is 357 Å². The Balaban J connectivity index is 1.10. The van der Waals surface area contributed by atoms with E-state index in [1.807, 2.05) is 17.5 Å². The van der Waals surface area contributed by atoms with Gasteiger partial charge in [-0.05, 0) is 110 Å². The number of thiophene rings is 1. The van der Waals surface area contributed by atoms with Gasteiger partial charge in [0.15, 0.2) is 0 Å². The fourth-order valence-electron chi connectivity index (χ4n) is 8.73. The predicted octanol–water partition coefficient (Wildman–Crippen LogP) is 15.5. The van der Waals surface area contributed by atoms with Crippen LogP contribution >= 0.6 is 11.3 Å². The first-order chi connectivity index (χ1) is 28.6. The Morgan fingerprint density at radius 2 is 1.23 bits per heavy atom. The van der Waals surface area contributed by atoms with Crippen LogP contribution in [-0.4, -0.2) is 16.2 Å². The number of rotatable bonds is 5. The average molecular weight is 805 g/mol. The molecule has 3 aromatic heterocycles. The van der Waals surface area contributed by atoms with Gasteiger partial charge in [-0.15, -0.1) is 11.3 Å². The molecule has 0 radical (unpaired) electrons. The van der Waals surface area contributed by atoms with Crippen LogP contribution in [0.5, 0.6) is 11.5 Å². The maximum Gasteiger partial charge on any atom is 0.137 e. The third-order valence-corrected chi connectivity index (χ3v) is 13.3. The molecule has 0 spiro atoms. The second-order valence-electron chi connectivity index (χ2n) is 19.5. The fourth-order valence-corrected chi connectivity index (χ4v) is 9.97. The molecular formula is C54H52N4OS. The first kappa shape index (κ1) is 38.1. The SMILES string of the molecule is CC(C)(C)c1ccc(N2CN(c3cc(Oc4ccc5c6sc7ccc8ccccc8c7c6n(-c6cc(C(C)(C)C)ccn6)c5c4)cc(C(C)(C)C)c3)c3ccccc32)cc1. The van der Waals surface area contributed by atoms with E-state index in [0.29, 0.717) is 6.67 Å². The van der Waals surface area contributed by atoms with Crippen molar-refractivity contribution in [3.8, 4) is 17.3 Å². The van der Waals surface area contributed by atoms with Crippen molar-refractivity contribution >= 4 is 76.1 Å². The van der Waals surface area contributed by atoms with Crippen LogP contribution < -0.4 is 14.5 Å². The molecule has 60 heavy (non-hydrogen) atoms. The van der Waals surface area contributed by atoms with Crippen LogP contribution in [0.2, 0.25) is 0 Å². The molecule has 5 nitrogen and oxygen atoms in total. The van der Waals surface area contributed by atoms with Crippen molar-refractivity contribution in [2.75, 3.05) is 16.5 Å². The van der Waals surface area contributed by atoms with E-state index in [-0.39, 0.29) is 16.2 Å². The summed E-state index contributed by atoms with van der Waals surface area (Å²) < 4.78 is 11.9. The van der Waals surface area contributed by atoms with Crippen LogP contribution in [0, 0.1) is 0 Å². The molecule has 6 aromatic carbocycles. The number of hydrogen-bond donors (Lipinski definition) is 0. The van der Waals surface area contributed by atoms with E-state index in [2.05, 4.69) is 210 Å². The number of anilines is 4. The maximum absolute atomic E-state index is 7.00. The lowest BCUT2D eigenvalue weighted by Crippen LogP contribution is -2.24. The fraction of sp³-hybridized carbons (Fsp3) is 0.241. The zero-order valence-electron chi connectivity index (χ0n) is 36.1. The van der Waals surface area contributed by atoms with Crippen LogP contribution in [0.25, 0.3) is 47.8 Å². The molecule has 0 saturated heterocycles. The number of fused-ring (bicyclic) bond motifs is 8. The van der Waals surface area contributed by atoms with Crippen molar-refractivity contribution in [3.05, 3.63) is 156 Å². The lowest BCUT2D eigenvalue weighted by atomic mass is 9.86. The normalized spacial score (nSPS) is 13.6. The van der Waals surface area contributed by atoms with Crippen molar-refractivity contribution < 1.29 is 4.74 Å². The molecule has 10 rings (SSSR count). The molecule has 0 fully saturated rings. The molecule has 0 unspecified atom stereocenters. The van der Waals surface area contributed by atoms with E-state index in [1.54, 1.807) is 0 Å². The summed E-state index contributed by atoms with van der Waals surface area (Å²) in [7, 11) is 0. The summed E-state index contributed by atoms with van der Waals surface area (Å²) in [5.74, 6) is 2.51. The summed E-state index contributed by atoms with van der Waals surface area (Å²) in [6, 6.07) is 48.8. The summed E-state index contributed by atoms with van der Waals surface area (Å²) in [5, 5.41) is 4.95. The Morgan fingerprint density at radius 1 is 0.550 bits per heavy atom. The second-order valence-corrected chi connectivity index (χ2v) is 20.5. The van der Waals surface area contributed by atoms with Gasteiger partial charge >= 0.3 is 0 Å². The van der Waals surface area contributed by atoms with Crippen LogP contribution in [0.15, 0.2) is 140 Å². The zero-order chi connectivity index (χ0) is 41.7. The highest BCUT2D eigenvalue weighted by atomic mass is 32.1. The van der Waals surface area contributed by atoms with Gasteiger partial charge in [-0.3, -0.25) is 4.57 Å². The largest absolute Gasteiger partial charge is 0.457 e. The van der Waals surface area contributed by atoms with Gasteiger partial charge in [0, 0.05) is 45.2 Å². The summed E-state index contributed by atoms with van der Waals surface area (Å²) in [6.45, 7) is 21.1. The van der Waals surface area contributed by atoms with Gasteiger partial charge in [0.1, 0.15) is 24.0 Å². The Morgan fingerprint density at radius 3 is 1.95 bits per heavy atom. The topological polar surface area (TPSA) is 33.5 Å². The highest BCUT2D eigenvalue weighted by molar-refractivity contribution is 7.27. The number of benzene rings is 6. The standard InChI is InChI=1S/C54H52N4OS/c1-52(2,3)35-19-21-38(22-20-35)56-33-57(45-17-13-12-16-44(45)56)39-28-37(54(7,8)9)29-41(31-39)59-40-23-24-43-46(32-40)58(48-30-36(26-27-55-48)53(4,5)6)50-49-42-15-11-10-14-34(42)18-25-47(49)60-51(43)50/h10-32H,33H2,1-9H3. The van der Waals surface area contributed by atoms with Gasteiger partial charge in [-0.1, -0.05) is 117 Å². The van der Waals surface area contributed by atoms with Crippen molar-refractivity contribution in [2.24, 2.45) is 0 Å². The second kappa shape index (κ2) is 13.7. The first-order valence-corrected chi connectivity index (χ1v) is 21.9. The lowest BCUT2D eigenvalue weighted by Gasteiger charge is -2.26. The number of nitrogens with zero attached hydrogens (tertiary/aromatic N) is 4. The van der Waals surface area contributed by atoms with Crippen molar-refractivity contribution in [1.82, 2.24) is 9.55 Å². The van der Waals surface area contributed by atoms with Crippen LogP contribution in [0.1, 0.15) is 79.0 Å². The van der Waals surface area contributed by atoms with Crippen LogP contribution in [-0.2, 0) is 16.2 Å². The smallest absolute Gasteiger partial charge is 0.137 e. The highest BCUT2D eigenvalue weighted by Crippen LogP contribution is 2.48. The van der Waals surface area contributed by atoms with Gasteiger partial charge in [-0.25, -0.2) is 4.98 Å². The van der Waals surface area contributed by atoms with Gasteiger partial charge < -0.3 is 14.5 Å². The highest BCUT2D eigenvalue weighted by Gasteiger charge is 2.30. The molecule has 1 aliphatic rings. The quantitative estimate of drug-likeness (QED) is 0.173. The predicted molar refractivity (Wildman–Crippen MR) is 256 cm³/mol. The third kappa shape index (κ3) is 6.49. The summed E-state index contributed by atoms with van der Waals surface area (Å²) in [4.78, 5) is 9.88. The van der Waals surface area contributed by atoms with E-state index >= 15 is 0 Å². The molecule has 9 aromatic rings. The zero-order valence-corrected chi connectivity index (χ0v) is 36.9. The van der Waals surface area contributed by atoms with Crippen molar-refractivity contribution in [3.63, 3.8) is 0 Å². The first-order valence-electron chi connectivity index (χ1n) is 21.1. The van der Waals surface area contributed by atoms with Crippen LogP contribution in [0.4, 0.5) is 22.7 Å². The Kier molecular flexibility index (Phi) is 8.71. The van der Waals surface area contributed by atoms with Gasteiger partial charge in [-0.2, -0.15) is 0 Å². The van der Waals surface area contributed by atoms with Crippen molar-refractivity contribution in [1.29, 1.82) is 0 Å². The van der Waals surface area contributed by atoms with E-state index in [1.165, 1.54) is 70.2 Å². The van der Waals surface area contributed by atoms with Gasteiger partial charge in [0.25, 0.3) is 0 Å². The number of ether oxygens (including phenoxy) is 1. The van der Waals surface area contributed by atoms with E-state index in [4.69, 9.17) is 9.72 Å². The molecule has 6 heteroatoms. The molecule has 0 N–H and O–H groups in total. The monoisotopic (exact) mass is 804 g/mol. The average Bonchev–Trinajstić information content (AvgIpc) is 3.89. The van der Waals surface area contributed by atoms with E-state index < -0.39 is 0 Å². The molecule has 1 aliphatic heterocycles. The molecular weight excluding hydrogens is 753 g/mol. The van der Waals surface area contributed by atoms with Gasteiger partial charge in [0.2, 0.25) is 0 Å². The molecule has 0 amide bonds. The minimum Gasteiger partial charge on any atom is -0.457 e. The van der Waals surface area contributed by atoms with Crippen LogP contribution in [0.3, 0.4) is 0 Å². The number of pyridine rings is 1. The van der Waals surface area contributed by atoms with Gasteiger partial charge in [0.05, 0.1) is 27.1 Å². The Bertz CT molecular complexity index is 3110. The molecule has 0 bridgehead atoms. The molecule has 0 aliphatic carbocycles. The molecule has 4 heterocycles. The molecule has 0 saturated carbocycles. The Hall–Kier alpha value is -6.11. The molecule has 0 atom stereocenters.